The molecular weight excluding hydrogens is 352 g/mol. The van der Waals surface area contributed by atoms with Crippen molar-refractivity contribution in [2.75, 3.05) is 20.2 Å². The first-order chi connectivity index (χ1) is 13.4. The van der Waals surface area contributed by atoms with Crippen molar-refractivity contribution in [1.29, 1.82) is 0 Å². The van der Waals surface area contributed by atoms with Crippen LogP contribution in [0.15, 0.2) is 5.16 Å². The molecule has 0 heterocycles. The van der Waals surface area contributed by atoms with Gasteiger partial charge in [0.15, 0.2) is 0 Å². The second-order valence-corrected chi connectivity index (χ2v) is 10.2. The highest BCUT2D eigenvalue weighted by Crippen LogP contribution is 2.64. The number of hydrogen-bond acceptors (Lipinski definition) is 5. The highest BCUT2D eigenvalue weighted by atomic mass is 16.6. The maximum atomic E-state index is 13.2. The molecule has 0 radical (unpaired) electrons. The van der Waals surface area contributed by atoms with Crippen LogP contribution in [-0.2, 0) is 14.4 Å². The molecule has 0 spiro atoms. The molecule has 0 amide bonds. The van der Waals surface area contributed by atoms with Crippen molar-refractivity contribution < 1.29 is 14.4 Å². The fourth-order valence-corrected chi connectivity index (χ4v) is 7.15. The number of oxime groups is 1. The quantitative estimate of drug-likeness (QED) is 0.575. The van der Waals surface area contributed by atoms with Crippen LogP contribution in [0.1, 0.15) is 71.6 Å². The molecule has 4 rings (SSSR count). The van der Waals surface area contributed by atoms with Gasteiger partial charge in [-0.1, -0.05) is 19.0 Å². The van der Waals surface area contributed by atoms with E-state index in [-0.39, 0.29) is 16.7 Å². The van der Waals surface area contributed by atoms with E-state index in [2.05, 4.69) is 24.3 Å². The summed E-state index contributed by atoms with van der Waals surface area (Å²) in [6.07, 6.45) is 8.20. The Morgan fingerprint density at radius 3 is 2.71 bits per heavy atom. The van der Waals surface area contributed by atoms with Crippen LogP contribution < -0.4 is 5.32 Å². The Bertz CT molecular complexity index is 675. The lowest BCUT2D eigenvalue weighted by Gasteiger charge is -2.58. The van der Waals surface area contributed by atoms with Crippen molar-refractivity contribution in [2.45, 2.75) is 71.6 Å². The lowest BCUT2D eigenvalue weighted by molar-refractivity contribution is -0.152. The minimum Gasteiger partial charge on any atom is -0.396 e. The summed E-state index contributed by atoms with van der Waals surface area (Å²) in [5.41, 5.74) is 0.973. The third-order valence-corrected chi connectivity index (χ3v) is 8.86. The molecule has 0 aromatic heterocycles. The Hall–Kier alpha value is -1.23. The SMILES string of the molecule is CNCCCO/N=C1\CC[C@@]2(C)[C@H](C1)C(=O)C[C@@H]1[C@@H]2CC[C@]2(C)C(=O)CC[C@@H]12. The van der Waals surface area contributed by atoms with Gasteiger partial charge >= 0.3 is 0 Å². The molecule has 1 N–H and O–H groups in total. The van der Waals surface area contributed by atoms with E-state index < -0.39 is 0 Å². The summed E-state index contributed by atoms with van der Waals surface area (Å²) >= 11 is 0. The molecule has 0 aromatic carbocycles. The standard InChI is InChI=1S/C23H36N2O3/c1-22-9-7-15(25-28-12-4-11-24-3)13-19(22)20(26)14-16-17-5-6-21(27)23(17,2)10-8-18(16)22/h16-19,24H,4-14H2,1-3H3/b25-15+/t16-,17-,18-,19+,22+,23-/m0/s1. The van der Waals surface area contributed by atoms with E-state index in [9.17, 15) is 9.59 Å². The van der Waals surface area contributed by atoms with E-state index >= 15 is 0 Å². The zero-order valence-corrected chi connectivity index (χ0v) is 17.8. The lowest BCUT2D eigenvalue weighted by atomic mass is 9.45. The largest absolute Gasteiger partial charge is 0.396 e. The number of rotatable bonds is 5. The number of Topliss-reactive ketones (excluding diaryl/α,β-unsaturated/α-hetero) is 2. The van der Waals surface area contributed by atoms with Crippen molar-refractivity contribution in [2.24, 2.45) is 39.7 Å². The summed E-state index contributed by atoms with van der Waals surface area (Å²) in [7, 11) is 1.94. The number of ketones is 2. The molecule has 4 fully saturated rings. The fraction of sp³-hybridized carbons (Fsp3) is 0.870. The van der Waals surface area contributed by atoms with Gasteiger partial charge < -0.3 is 10.2 Å². The Morgan fingerprint density at radius 2 is 1.93 bits per heavy atom. The van der Waals surface area contributed by atoms with E-state index in [4.69, 9.17) is 4.84 Å². The topological polar surface area (TPSA) is 67.8 Å². The monoisotopic (exact) mass is 388 g/mol. The molecule has 28 heavy (non-hydrogen) atoms. The van der Waals surface area contributed by atoms with Crippen molar-refractivity contribution in [3.8, 4) is 0 Å². The summed E-state index contributed by atoms with van der Waals surface area (Å²) in [4.78, 5) is 31.3. The Morgan fingerprint density at radius 1 is 1.11 bits per heavy atom. The first kappa shape index (κ1) is 20.1. The first-order valence-corrected chi connectivity index (χ1v) is 11.3. The summed E-state index contributed by atoms with van der Waals surface area (Å²) in [5.74, 6) is 2.36. The van der Waals surface area contributed by atoms with Crippen molar-refractivity contribution in [1.82, 2.24) is 5.32 Å². The zero-order valence-electron chi connectivity index (χ0n) is 17.8. The van der Waals surface area contributed by atoms with E-state index in [0.717, 1.165) is 63.6 Å². The number of nitrogens with zero attached hydrogens (tertiary/aromatic N) is 1. The second-order valence-electron chi connectivity index (χ2n) is 10.2. The highest BCUT2D eigenvalue weighted by Gasteiger charge is 2.62. The van der Waals surface area contributed by atoms with Crippen LogP contribution in [0.4, 0.5) is 0 Å². The third-order valence-electron chi connectivity index (χ3n) is 8.86. The Kier molecular flexibility index (Phi) is 5.41. The number of carbonyl (C=O) groups excluding carboxylic acids is 2. The van der Waals surface area contributed by atoms with Gasteiger partial charge in [-0.2, -0.15) is 0 Å². The van der Waals surface area contributed by atoms with Crippen LogP contribution in [0, 0.1) is 34.5 Å². The summed E-state index contributed by atoms with van der Waals surface area (Å²) in [5, 5.41) is 7.49. The molecule has 0 aliphatic heterocycles. The van der Waals surface area contributed by atoms with Crippen molar-refractivity contribution in [3.63, 3.8) is 0 Å². The van der Waals surface area contributed by atoms with Crippen LogP contribution >= 0.6 is 0 Å². The Labute approximate surface area is 169 Å². The predicted molar refractivity (Wildman–Crippen MR) is 109 cm³/mol. The van der Waals surface area contributed by atoms with Crippen molar-refractivity contribution >= 4 is 17.3 Å². The highest BCUT2D eigenvalue weighted by molar-refractivity contribution is 5.93. The number of fused-ring (bicyclic) bond motifs is 5. The number of hydrogen-bond donors (Lipinski definition) is 1. The minimum atomic E-state index is -0.160. The lowest BCUT2D eigenvalue weighted by Crippen LogP contribution is -2.56. The van der Waals surface area contributed by atoms with E-state index in [0.29, 0.717) is 42.3 Å². The minimum absolute atomic E-state index is 0.0676. The fourth-order valence-electron chi connectivity index (χ4n) is 7.15. The predicted octanol–water partition coefficient (Wildman–Crippen LogP) is 3.76. The van der Waals surface area contributed by atoms with Crippen LogP contribution in [0.2, 0.25) is 0 Å². The normalized spacial score (nSPS) is 44.2. The van der Waals surface area contributed by atoms with Crippen molar-refractivity contribution in [3.05, 3.63) is 0 Å². The molecule has 156 valence electrons. The molecule has 5 heteroatoms. The number of carbonyl (C=O) groups is 2. The van der Waals surface area contributed by atoms with E-state index in [1.54, 1.807) is 0 Å². The van der Waals surface area contributed by atoms with Gasteiger partial charge in [-0.15, -0.1) is 0 Å². The van der Waals surface area contributed by atoms with Gasteiger partial charge in [-0.05, 0) is 81.7 Å². The van der Waals surface area contributed by atoms with Crippen LogP contribution in [0.3, 0.4) is 0 Å². The molecule has 0 unspecified atom stereocenters. The number of nitrogens with one attached hydrogen (secondary N) is 1. The smallest absolute Gasteiger partial charge is 0.139 e. The first-order valence-electron chi connectivity index (χ1n) is 11.3. The van der Waals surface area contributed by atoms with Gasteiger partial charge in [-0.25, -0.2) is 0 Å². The molecule has 0 aromatic rings. The molecular formula is C23H36N2O3. The zero-order chi connectivity index (χ0) is 19.9. The summed E-state index contributed by atoms with van der Waals surface area (Å²) < 4.78 is 0. The van der Waals surface area contributed by atoms with Gasteiger partial charge in [0.1, 0.15) is 18.2 Å². The van der Waals surface area contributed by atoms with Crippen LogP contribution in [0.5, 0.6) is 0 Å². The Balaban J connectivity index is 1.48. The van der Waals surface area contributed by atoms with E-state index in [1.165, 1.54) is 0 Å². The van der Waals surface area contributed by atoms with Crippen LogP contribution in [-0.4, -0.2) is 37.5 Å². The second kappa shape index (κ2) is 7.55. The molecule has 6 atom stereocenters. The average molecular weight is 389 g/mol. The van der Waals surface area contributed by atoms with Gasteiger partial charge in [-0.3, -0.25) is 9.59 Å². The summed E-state index contributed by atoms with van der Waals surface area (Å²) in [6.45, 7) is 6.09. The van der Waals surface area contributed by atoms with Crippen LogP contribution in [0.25, 0.3) is 0 Å². The van der Waals surface area contributed by atoms with Gasteiger partial charge in [0.2, 0.25) is 0 Å². The van der Waals surface area contributed by atoms with Gasteiger partial charge in [0, 0.05) is 24.2 Å². The van der Waals surface area contributed by atoms with Gasteiger partial charge in [0.25, 0.3) is 0 Å². The molecule has 0 saturated heterocycles. The average Bonchev–Trinajstić information content (AvgIpc) is 2.98. The van der Waals surface area contributed by atoms with Gasteiger partial charge in [0.05, 0.1) is 5.71 Å². The summed E-state index contributed by atoms with van der Waals surface area (Å²) in [6, 6.07) is 0. The maximum absolute atomic E-state index is 13.2. The third kappa shape index (κ3) is 3.14. The molecule has 4 saturated carbocycles. The molecule has 4 aliphatic carbocycles. The maximum Gasteiger partial charge on any atom is 0.139 e. The molecule has 5 nitrogen and oxygen atoms in total. The molecule has 0 bridgehead atoms. The molecule has 4 aliphatic rings. The van der Waals surface area contributed by atoms with E-state index in [1.807, 2.05) is 7.05 Å².